The molecule has 1 fully saturated rings. The van der Waals surface area contributed by atoms with Crippen LogP contribution < -0.4 is 5.32 Å². The van der Waals surface area contributed by atoms with Crippen molar-refractivity contribution in [3.8, 4) is 0 Å². The number of fused-ring (bicyclic) bond motifs is 1. The number of carbonyl (C=O) groups excluding carboxylic acids is 1. The Labute approximate surface area is 144 Å². The molecule has 0 saturated carbocycles. The number of piperidine rings is 1. The molecule has 5 nitrogen and oxygen atoms in total. The third kappa shape index (κ3) is 3.46. The van der Waals surface area contributed by atoms with E-state index >= 15 is 0 Å². The lowest BCUT2D eigenvalue weighted by atomic mass is 9.96. The van der Waals surface area contributed by atoms with Crippen LogP contribution in [0, 0.1) is 5.92 Å². The van der Waals surface area contributed by atoms with Crippen molar-refractivity contribution >= 4 is 16.9 Å². The summed E-state index contributed by atoms with van der Waals surface area (Å²) in [5, 5.41) is 2.95. The van der Waals surface area contributed by atoms with E-state index in [-0.39, 0.29) is 11.8 Å². The first-order valence-corrected chi connectivity index (χ1v) is 9.06. The topological polar surface area (TPSA) is 50.2 Å². The predicted molar refractivity (Wildman–Crippen MR) is 96.8 cm³/mol. The number of nitrogens with zero attached hydrogens (tertiary/aromatic N) is 3. The van der Waals surface area contributed by atoms with E-state index in [1.807, 2.05) is 13.0 Å². The van der Waals surface area contributed by atoms with Crippen molar-refractivity contribution in [2.75, 3.05) is 19.6 Å². The van der Waals surface area contributed by atoms with Crippen LogP contribution in [-0.2, 0) is 11.3 Å². The molecule has 1 aliphatic heterocycles. The number of carbonyl (C=O) groups is 1. The number of benzene rings is 1. The van der Waals surface area contributed by atoms with Crippen LogP contribution in [0.1, 0.15) is 45.5 Å². The molecule has 0 radical (unpaired) electrons. The van der Waals surface area contributed by atoms with E-state index in [1.54, 1.807) is 0 Å². The molecule has 1 aromatic heterocycles. The lowest BCUT2D eigenvalue weighted by molar-refractivity contribution is -0.126. The molecule has 1 aromatic carbocycles. The second-order valence-corrected chi connectivity index (χ2v) is 6.93. The maximum Gasteiger partial charge on any atom is 0.223 e. The van der Waals surface area contributed by atoms with Crippen molar-refractivity contribution in [2.24, 2.45) is 5.92 Å². The van der Waals surface area contributed by atoms with Crippen LogP contribution >= 0.6 is 0 Å². The number of rotatable bonds is 5. The molecule has 5 heteroatoms. The summed E-state index contributed by atoms with van der Waals surface area (Å²) in [5.41, 5.74) is 2.28. The highest BCUT2D eigenvalue weighted by Gasteiger charge is 2.25. The SMILES string of the molecule is CCNC(=O)C1CCN(Cc2nc3ccccc3n2C(C)C)CC1. The Morgan fingerprint density at radius 2 is 2.00 bits per heavy atom. The molecular formula is C19H28N4O. The van der Waals surface area contributed by atoms with Crippen LogP contribution in [0.2, 0.25) is 0 Å². The number of hydrogen-bond acceptors (Lipinski definition) is 3. The highest BCUT2D eigenvalue weighted by Crippen LogP contribution is 2.24. The Morgan fingerprint density at radius 3 is 2.67 bits per heavy atom. The van der Waals surface area contributed by atoms with E-state index < -0.39 is 0 Å². The van der Waals surface area contributed by atoms with E-state index in [9.17, 15) is 4.79 Å². The van der Waals surface area contributed by atoms with E-state index in [1.165, 1.54) is 5.52 Å². The van der Waals surface area contributed by atoms with Crippen molar-refractivity contribution in [2.45, 2.75) is 46.2 Å². The van der Waals surface area contributed by atoms with Gasteiger partial charge in [0.2, 0.25) is 5.91 Å². The van der Waals surface area contributed by atoms with Gasteiger partial charge in [-0.1, -0.05) is 12.1 Å². The maximum atomic E-state index is 12.0. The van der Waals surface area contributed by atoms with Gasteiger partial charge in [-0.25, -0.2) is 4.98 Å². The summed E-state index contributed by atoms with van der Waals surface area (Å²) in [6.45, 7) is 9.89. The van der Waals surface area contributed by atoms with Crippen molar-refractivity contribution < 1.29 is 4.79 Å². The van der Waals surface area contributed by atoms with Gasteiger partial charge in [0.15, 0.2) is 0 Å². The number of hydrogen-bond donors (Lipinski definition) is 1. The molecule has 130 valence electrons. The summed E-state index contributed by atoms with van der Waals surface area (Å²) < 4.78 is 2.34. The summed E-state index contributed by atoms with van der Waals surface area (Å²) in [4.78, 5) is 19.3. The Morgan fingerprint density at radius 1 is 1.29 bits per heavy atom. The molecule has 1 N–H and O–H groups in total. The second-order valence-electron chi connectivity index (χ2n) is 6.93. The lowest BCUT2D eigenvalue weighted by Gasteiger charge is -2.31. The summed E-state index contributed by atoms with van der Waals surface area (Å²) in [6.07, 6.45) is 1.88. The standard InChI is InChI=1S/C19H28N4O/c1-4-20-19(24)15-9-11-22(12-10-15)13-18-21-16-7-5-6-8-17(16)23(18)14(2)3/h5-8,14-15H,4,9-13H2,1-3H3,(H,20,24). The van der Waals surface area contributed by atoms with Gasteiger partial charge in [-0.05, 0) is 58.8 Å². The minimum absolute atomic E-state index is 0.171. The van der Waals surface area contributed by atoms with Crippen LogP contribution in [-0.4, -0.2) is 40.0 Å². The number of nitrogens with one attached hydrogen (secondary N) is 1. The number of likely N-dealkylation sites (tertiary alicyclic amines) is 1. The Hall–Kier alpha value is -1.88. The quantitative estimate of drug-likeness (QED) is 0.918. The van der Waals surface area contributed by atoms with Crippen LogP contribution in [0.3, 0.4) is 0 Å². The molecule has 1 aliphatic rings. The summed E-state index contributed by atoms with van der Waals surface area (Å²) in [7, 11) is 0. The smallest absolute Gasteiger partial charge is 0.223 e. The summed E-state index contributed by atoms with van der Waals surface area (Å²) in [6, 6.07) is 8.73. The molecule has 2 heterocycles. The van der Waals surface area contributed by atoms with Crippen molar-refractivity contribution in [1.29, 1.82) is 0 Å². The van der Waals surface area contributed by atoms with E-state index in [2.05, 4.69) is 46.8 Å². The molecule has 0 aliphatic carbocycles. The molecule has 0 spiro atoms. The van der Waals surface area contributed by atoms with Gasteiger partial charge >= 0.3 is 0 Å². The number of amides is 1. The molecule has 0 bridgehead atoms. The number of imidazole rings is 1. The average molecular weight is 328 g/mol. The molecule has 2 aromatic rings. The van der Waals surface area contributed by atoms with Gasteiger partial charge in [0.05, 0.1) is 17.6 Å². The van der Waals surface area contributed by atoms with Gasteiger partial charge in [0.1, 0.15) is 5.82 Å². The fourth-order valence-corrected chi connectivity index (χ4v) is 3.65. The van der Waals surface area contributed by atoms with Gasteiger partial charge in [-0.2, -0.15) is 0 Å². The zero-order valence-electron chi connectivity index (χ0n) is 15.0. The van der Waals surface area contributed by atoms with Crippen LogP contribution in [0.25, 0.3) is 11.0 Å². The van der Waals surface area contributed by atoms with Gasteiger partial charge < -0.3 is 9.88 Å². The van der Waals surface area contributed by atoms with Crippen LogP contribution in [0.15, 0.2) is 24.3 Å². The largest absolute Gasteiger partial charge is 0.356 e. The fraction of sp³-hybridized carbons (Fsp3) is 0.579. The predicted octanol–water partition coefficient (Wildman–Crippen LogP) is 2.97. The molecular weight excluding hydrogens is 300 g/mol. The van der Waals surface area contributed by atoms with Crippen LogP contribution in [0.5, 0.6) is 0 Å². The van der Waals surface area contributed by atoms with Crippen molar-refractivity contribution in [3.05, 3.63) is 30.1 Å². The third-order valence-electron chi connectivity index (χ3n) is 4.86. The number of para-hydroxylation sites is 2. The first kappa shape index (κ1) is 17.0. The minimum Gasteiger partial charge on any atom is -0.356 e. The van der Waals surface area contributed by atoms with E-state index in [0.717, 1.165) is 50.4 Å². The normalized spacial score (nSPS) is 16.8. The Balaban J connectivity index is 1.70. The first-order chi connectivity index (χ1) is 11.6. The molecule has 3 rings (SSSR count). The highest BCUT2D eigenvalue weighted by atomic mass is 16.1. The highest BCUT2D eigenvalue weighted by molar-refractivity contribution is 5.78. The third-order valence-corrected chi connectivity index (χ3v) is 4.86. The zero-order chi connectivity index (χ0) is 17.1. The zero-order valence-corrected chi connectivity index (χ0v) is 15.0. The molecule has 24 heavy (non-hydrogen) atoms. The lowest BCUT2D eigenvalue weighted by Crippen LogP contribution is -2.40. The van der Waals surface area contributed by atoms with Gasteiger partial charge in [-0.15, -0.1) is 0 Å². The fourth-order valence-electron chi connectivity index (χ4n) is 3.65. The first-order valence-electron chi connectivity index (χ1n) is 9.06. The second kappa shape index (κ2) is 7.34. The van der Waals surface area contributed by atoms with Gasteiger partial charge in [-0.3, -0.25) is 9.69 Å². The molecule has 0 atom stereocenters. The molecule has 1 amide bonds. The Bertz CT molecular complexity index is 698. The van der Waals surface area contributed by atoms with Gasteiger partial charge in [0, 0.05) is 18.5 Å². The molecule has 0 unspecified atom stereocenters. The number of aromatic nitrogens is 2. The average Bonchev–Trinajstić information content (AvgIpc) is 2.93. The van der Waals surface area contributed by atoms with Crippen molar-refractivity contribution in [1.82, 2.24) is 19.8 Å². The van der Waals surface area contributed by atoms with E-state index in [4.69, 9.17) is 4.98 Å². The Kier molecular flexibility index (Phi) is 5.19. The maximum absolute atomic E-state index is 12.0. The summed E-state index contributed by atoms with van der Waals surface area (Å²) >= 11 is 0. The monoisotopic (exact) mass is 328 g/mol. The molecule has 1 saturated heterocycles. The van der Waals surface area contributed by atoms with E-state index in [0.29, 0.717) is 6.04 Å². The summed E-state index contributed by atoms with van der Waals surface area (Å²) in [5.74, 6) is 1.51. The van der Waals surface area contributed by atoms with Crippen LogP contribution in [0.4, 0.5) is 0 Å². The van der Waals surface area contributed by atoms with Gasteiger partial charge in [0.25, 0.3) is 0 Å². The van der Waals surface area contributed by atoms with Crippen molar-refractivity contribution in [3.63, 3.8) is 0 Å². The minimum atomic E-state index is 0.171.